The lowest BCUT2D eigenvalue weighted by Crippen LogP contribution is -2.31. The van der Waals surface area contributed by atoms with Gasteiger partial charge in [0.05, 0.1) is 10.9 Å². The molecule has 2 aromatic heterocycles. The normalized spacial score (nSPS) is 18.4. The molecule has 0 spiro atoms. The Morgan fingerprint density at radius 1 is 0.926 bits per heavy atom. The largest absolute Gasteiger partial charge is 0.285 e. The summed E-state index contributed by atoms with van der Waals surface area (Å²) in [6.45, 7) is 0.488. The molecule has 1 aliphatic rings. The Balaban J connectivity index is 1.58. The number of aromatic nitrogens is 3. The number of fused-ring (bicyclic) bond motifs is 2. The van der Waals surface area contributed by atoms with Gasteiger partial charge < -0.3 is 0 Å². The highest BCUT2D eigenvalue weighted by Crippen LogP contribution is 2.36. The van der Waals surface area contributed by atoms with Crippen molar-refractivity contribution in [1.29, 1.82) is 0 Å². The van der Waals surface area contributed by atoms with Crippen LogP contribution in [0.1, 0.15) is 24.7 Å². The van der Waals surface area contributed by atoms with Crippen LogP contribution in [0.15, 0.2) is 71.8 Å². The van der Waals surface area contributed by atoms with Crippen LogP contribution in [0.4, 0.5) is 0 Å². The minimum atomic E-state index is -3.62. The molecule has 1 aliphatic heterocycles. The lowest BCUT2D eigenvalue weighted by atomic mass is 10.1. The quantitative estimate of drug-likeness (QED) is 0.548. The molecule has 0 bridgehead atoms. The second-order valence-corrected chi connectivity index (χ2v) is 8.66. The van der Waals surface area contributed by atoms with E-state index in [1.807, 2.05) is 59.1 Å². The van der Waals surface area contributed by atoms with Crippen molar-refractivity contribution in [2.75, 3.05) is 6.54 Å². The smallest absolute Gasteiger partial charge is 0.243 e. The lowest BCUT2D eigenvalue weighted by molar-refractivity contribution is 0.381. The van der Waals surface area contributed by atoms with Crippen molar-refractivity contribution < 1.29 is 8.42 Å². The van der Waals surface area contributed by atoms with Gasteiger partial charge in [0.25, 0.3) is 0 Å². The molecule has 6 nitrogen and oxygen atoms in total. The Labute approximate surface area is 157 Å². The minimum absolute atomic E-state index is 0.307. The predicted octanol–water partition coefficient (Wildman–Crippen LogP) is 3.41. The fourth-order valence-corrected chi connectivity index (χ4v) is 5.53. The van der Waals surface area contributed by atoms with E-state index >= 15 is 0 Å². The van der Waals surface area contributed by atoms with Crippen LogP contribution < -0.4 is 0 Å². The van der Waals surface area contributed by atoms with Gasteiger partial charge in [-0.15, -0.1) is 10.2 Å². The molecule has 136 valence electrons. The van der Waals surface area contributed by atoms with Gasteiger partial charge in [-0.25, -0.2) is 8.42 Å². The van der Waals surface area contributed by atoms with Crippen LogP contribution in [0, 0.1) is 0 Å². The third-order valence-corrected chi connectivity index (χ3v) is 7.07. The molecule has 3 heterocycles. The zero-order valence-corrected chi connectivity index (χ0v) is 15.4. The van der Waals surface area contributed by atoms with Crippen LogP contribution in [-0.4, -0.2) is 33.9 Å². The molecule has 2 aromatic carbocycles. The molecule has 4 aromatic rings. The van der Waals surface area contributed by atoms with Gasteiger partial charge in [0.1, 0.15) is 0 Å². The fourth-order valence-electron chi connectivity index (χ4n) is 3.84. The highest BCUT2D eigenvalue weighted by atomic mass is 32.2. The Bertz CT molecular complexity index is 1250. The Kier molecular flexibility index (Phi) is 3.73. The molecular weight excluding hydrogens is 360 g/mol. The SMILES string of the molecule is O=S(=O)(c1ccc2ccccc2c1)N1CCCC1c1nnc2ccccn12. The molecule has 1 unspecified atom stereocenters. The summed E-state index contributed by atoms with van der Waals surface area (Å²) >= 11 is 0. The number of hydrogen-bond acceptors (Lipinski definition) is 4. The third kappa shape index (κ3) is 2.62. The summed E-state index contributed by atoms with van der Waals surface area (Å²) in [5, 5.41) is 10.4. The third-order valence-electron chi connectivity index (χ3n) is 5.17. The van der Waals surface area contributed by atoms with Crippen molar-refractivity contribution in [1.82, 2.24) is 18.9 Å². The summed E-state index contributed by atoms with van der Waals surface area (Å²) in [5.74, 6) is 0.674. The number of pyridine rings is 1. The molecule has 1 fully saturated rings. The van der Waals surface area contributed by atoms with Gasteiger partial charge in [0, 0.05) is 12.7 Å². The Morgan fingerprint density at radius 3 is 2.63 bits per heavy atom. The molecule has 0 amide bonds. The van der Waals surface area contributed by atoms with E-state index in [-0.39, 0.29) is 6.04 Å². The van der Waals surface area contributed by atoms with Crippen LogP contribution >= 0.6 is 0 Å². The van der Waals surface area contributed by atoms with E-state index in [4.69, 9.17) is 0 Å². The summed E-state index contributed by atoms with van der Waals surface area (Å²) < 4.78 is 30.2. The van der Waals surface area contributed by atoms with E-state index in [0.29, 0.717) is 17.3 Å². The van der Waals surface area contributed by atoms with Gasteiger partial charge >= 0.3 is 0 Å². The highest BCUT2D eigenvalue weighted by Gasteiger charge is 2.38. The summed E-state index contributed by atoms with van der Waals surface area (Å²) in [7, 11) is -3.62. The van der Waals surface area contributed by atoms with E-state index in [2.05, 4.69) is 10.2 Å². The second-order valence-electron chi connectivity index (χ2n) is 6.77. The zero-order chi connectivity index (χ0) is 18.4. The first-order valence-electron chi connectivity index (χ1n) is 8.95. The van der Waals surface area contributed by atoms with Crippen LogP contribution in [0.25, 0.3) is 16.4 Å². The first-order valence-corrected chi connectivity index (χ1v) is 10.4. The van der Waals surface area contributed by atoms with Crippen LogP contribution in [0.3, 0.4) is 0 Å². The predicted molar refractivity (Wildman–Crippen MR) is 103 cm³/mol. The average Bonchev–Trinajstić information content (AvgIpc) is 3.34. The maximum absolute atomic E-state index is 13.4. The number of benzene rings is 2. The standard InChI is InChI=1S/C20H18N4O2S/c25-27(26,17-11-10-15-6-1-2-7-16(15)14-17)24-13-5-8-18(24)20-22-21-19-9-3-4-12-23(19)20/h1-4,6-7,9-12,14,18H,5,8,13H2. The molecular formula is C20H18N4O2S. The number of rotatable bonds is 3. The molecule has 0 saturated carbocycles. The molecule has 1 saturated heterocycles. The fraction of sp³-hybridized carbons (Fsp3) is 0.200. The van der Waals surface area contributed by atoms with E-state index in [1.54, 1.807) is 16.4 Å². The molecule has 0 N–H and O–H groups in total. The summed E-state index contributed by atoms with van der Waals surface area (Å²) in [6.07, 6.45) is 3.42. The second kappa shape index (κ2) is 6.14. The molecule has 7 heteroatoms. The van der Waals surface area contributed by atoms with Gasteiger partial charge in [-0.05, 0) is 47.9 Å². The van der Waals surface area contributed by atoms with Gasteiger partial charge in [0.15, 0.2) is 11.5 Å². The van der Waals surface area contributed by atoms with Crippen molar-refractivity contribution in [3.05, 3.63) is 72.7 Å². The molecule has 27 heavy (non-hydrogen) atoms. The highest BCUT2D eigenvalue weighted by molar-refractivity contribution is 7.89. The monoisotopic (exact) mass is 378 g/mol. The summed E-state index contributed by atoms with van der Waals surface area (Å²) in [4.78, 5) is 0.321. The Hall–Kier alpha value is -2.77. The van der Waals surface area contributed by atoms with Gasteiger partial charge in [0.2, 0.25) is 10.0 Å². The van der Waals surface area contributed by atoms with Crippen molar-refractivity contribution in [3.8, 4) is 0 Å². The topological polar surface area (TPSA) is 67.6 Å². The first kappa shape index (κ1) is 16.4. The Morgan fingerprint density at radius 2 is 1.74 bits per heavy atom. The molecule has 1 atom stereocenters. The number of nitrogens with zero attached hydrogens (tertiary/aromatic N) is 4. The molecule has 0 aliphatic carbocycles. The first-order chi connectivity index (χ1) is 13.1. The van der Waals surface area contributed by atoms with Gasteiger partial charge in [-0.3, -0.25) is 4.40 Å². The van der Waals surface area contributed by atoms with Crippen molar-refractivity contribution in [2.45, 2.75) is 23.8 Å². The van der Waals surface area contributed by atoms with E-state index in [9.17, 15) is 8.42 Å². The molecule has 0 radical (unpaired) electrons. The minimum Gasteiger partial charge on any atom is -0.285 e. The maximum Gasteiger partial charge on any atom is 0.243 e. The van der Waals surface area contributed by atoms with Crippen LogP contribution in [0.2, 0.25) is 0 Å². The van der Waals surface area contributed by atoms with E-state index in [0.717, 1.165) is 29.3 Å². The zero-order valence-electron chi connectivity index (χ0n) is 14.6. The lowest BCUT2D eigenvalue weighted by Gasteiger charge is -2.23. The number of sulfonamides is 1. The van der Waals surface area contributed by atoms with Gasteiger partial charge in [-0.2, -0.15) is 4.31 Å². The van der Waals surface area contributed by atoms with Crippen LogP contribution in [-0.2, 0) is 10.0 Å². The van der Waals surface area contributed by atoms with Crippen molar-refractivity contribution in [2.24, 2.45) is 0 Å². The summed E-state index contributed by atoms with van der Waals surface area (Å²) in [5.41, 5.74) is 0.724. The average molecular weight is 378 g/mol. The van der Waals surface area contributed by atoms with Crippen molar-refractivity contribution >= 4 is 26.4 Å². The van der Waals surface area contributed by atoms with Crippen molar-refractivity contribution in [3.63, 3.8) is 0 Å². The number of hydrogen-bond donors (Lipinski definition) is 0. The summed E-state index contributed by atoms with van der Waals surface area (Å²) in [6, 6.07) is 18.4. The van der Waals surface area contributed by atoms with E-state index < -0.39 is 10.0 Å². The maximum atomic E-state index is 13.4. The van der Waals surface area contributed by atoms with E-state index in [1.165, 1.54) is 0 Å². The molecule has 5 rings (SSSR count). The van der Waals surface area contributed by atoms with Crippen LogP contribution in [0.5, 0.6) is 0 Å². The van der Waals surface area contributed by atoms with Gasteiger partial charge in [-0.1, -0.05) is 36.4 Å².